The number of aliphatic carboxylic acids is 1. The Morgan fingerprint density at radius 2 is 2.18 bits per heavy atom. The van der Waals surface area contributed by atoms with Crippen LogP contribution in [0.5, 0.6) is 0 Å². The van der Waals surface area contributed by atoms with Crippen molar-refractivity contribution in [3.8, 4) is 0 Å². The van der Waals surface area contributed by atoms with Crippen LogP contribution in [-0.4, -0.2) is 48.3 Å². The fraction of sp³-hybridized carbons (Fsp3) is 0.615. The summed E-state index contributed by atoms with van der Waals surface area (Å²) in [5, 5.41) is 9.03. The Kier molecular flexibility index (Phi) is 3.64. The van der Waals surface area contributed by atoms with Gasteiger partial charge in [-0.05, 0) is 32.4 Å². The highest BCUT2D eigenvalue weighted by Crippen LogP contribution is 2.25. The van der Waals surface area contributed by atoms with Crippen molar-refractivity contribution in [3.63, 3.8) is 0 Å². The zero-order valence-electron chi connectivity index (χ0n) is 10.3. The molecule has 17 heavy (non-hydrogen) atoms. The molecule has 2 unspecified atom stereocenters. The summed E-state index contributed by atoms with van der Waals surface area (Å²) in [6.45, 7) is 3.36. The van der Waals surface area contributed by atoms with E-state index in [0.29, 0.717) is 6.54 Å². The molecule has 0 aromatic heterocycles. The van der Waals surface area contributed by atoms with Crippen LogP contribution < -0.4 is 0 Å². The predicted molar refractivity (Wildman–Crippen MR) is 64.9 cm³/mol. The third kappa shape index (κ3) is 2.96. The second-order valence-electron chi connectivity index (χ2n) is 4.93. The molecule has 0 spiro atoms. The Balaban J connectivity index is 2.08. The van der Waals surface area contributed by atoms with Gasteiger partial charge in [-0.2, -0.15) is 0 Å². The molecular weight excluding hydrogens is 218 g/mol. The number of likely N-dealkylation sites (N-methyl/N-ethyl adjacent to an activating group) is 1. The number of carbonyl (C=O) groups is 1. The quantitative estimate of drug-likeness (QED) is 0.789. The van der Waals surface area contributed by atoms with Crippen LogP contribution in [0.4, 0.5) is 0 Å². The van der Waals surface area contributed by atoms with E-state index in [1.54, 1.807) is 0 Å². The van der Waals surface area contributed by atoms with Gasteiger partial charge in [-0.15, -0.1) is 0 Å². The van der Waals surface area contributed by atoms with Crippen molar-refractivity contribution in [3.05, 3.63) is 23.3 Å². The van der Waals surface area contributed by atoms with Gasteiger partial charge in [0, 0.05) is 13.1 Å². The molecule has 0 saturated carbocycles. The maximum Gasteiger partial charge on any atom is 0.334 e. The van der Waals surface area contributed by atoms with Gasteiger partial charge in [0.25, 0.3) is 0 Å². The van der Waals surface area contributed by atoms with E-state index < -0.39 is 12.1 Å². The minimum Gasteiger partial charge on any atom is -0.479 e. The first-order valence-corrected chi connectivity index (χ1v) is 5.99. The van der Waals surface area contributed by atoms with Crippen molar-refractivity contribution in [2.45, 2.75) is 32.0 Å². The summed E-state index contributed by atoms with van der Waals surface area (Å²) in [6, 6.07) is 0. The van der Waals surface area contributed by atoms with E-state index in [0.717, 1.165) is 19.4 Å². The largest absolute Gasteiger partial charge is 0.479 e. The molecule has 4 heteroatoms. The van der Waals surface area contributed by atoms with E-state index in [9.17, 15) is 4.79 Å². The number of morpholine rings is 1. The Bertz CT molecular complexity index is 373. The summed E-state index contributed by atoms with van der Waals surface area (Å²) >= 11 is 0. The Morgan fingerprint density at radius 1 is 1.41 bits per heavy atom. The summed E-state index contributed by atoms with van der Waals surface area (Å²) in [7, 11) is 1.94. The fourth-order valence-corrected chi connectivity index (χ4v) is 2.29. The van der Waals surface area contributed by atoms with E-state index in [-0.39, 0.29) is 6.10 Å². The van der Waals surface area contributed by atoms with Gasteiger partial charge < -0.3 is 14.7 Å². The maximum absolute atomic E-state index is 11.0. The summed E-state index contributed by atoms with van der Waals surface area (Å²) in [4.78, 5) is 13.0. The number of nitrogens with zero attached hydrogens (tertiary/aromatic N) is 1. The number of hydrogen-bond acceptors (Lipinski definition) is 3. The molecule has 0 aromatic carbocycles. The smallest absolute Gasteiger partial charge is 0.334 e. The lowest BCUT2D eigenvalue weighted by molar-refractivity contribution is -0.160. The molecule has 1 aliphatic heterocycles. The highest BCUT2D eigenvalue weighted by Gasteiger charge is 2.32. The monoisotopic (exact) mass is 237 g/mol. The van der Waals surface area contributed by atoms with E-state index in [1.807, 2.05) is 11.9 Å². The molecule has 1 fully saturated rings. The molecule has 2 atom stereocenters. The van der Waals surface area contributed by atoms with Crippen LogP contribution in [0, 0.1) is 0 Å². The number of allylic oxidation sites excluding steroid dienone is 3. The zero-order chi connectivity index (χ0) is 12.4. The molecule has 1 saturated heterocycles. The minimum absolute atomic E-state index is 0.0702. The van der Waals surface area contributed by atoms with Crippen molar-refractivity contribution in [1.29, 1.82) is 0 Å². The molecule has 0 aromatic rings. The molecular formula is C13H19NO3. The number of carboxylic acids is 1. The SMILES string of the molecule is CC1=CC=C(C2CN(C)CC(C(=O)O)O2)CC1. The average Bonchev–Trinajstić information content (AvgIpc) is 2.29. The topological polar surface area (TPSA) is 49.8 Å². The molecule has 2 rings (SSSR count). The van der Waals surface area contributed by atoms with E-state index in [4.69, 9.17) is 9.84 Å². The summed E-state index contributed by atoms with van der Waals surface area (Å²) in [5.41, 5.74) is 2.58. The first-order valence-electron chi connectivity index (χ1n) is 5.99. The van der Waals surface area contributed by atoms with Gasteiger partial charge >= 0.3 is 5.97 Å². The molecule has 0 bridgehead atoms. The van der Waals surface area contributed by atoms with Crippen molar-refractivity contribution in [2.24, 2.45) is 0 Å². The highest BCUT2D eigenvalue weighted by molar-refractivity contribution is 5.72. The van der Waals surface area contributed by atoms with E-state index in [2.05, 4.69) is 19.1 Å². The molecule has 1 N–H and O–H groups in total. The van der Waals surface area contributed by atoms with Crippen LogP contribution in [0.2, 0.25) is 0 Å². The van der Waals surface area contributed by atoms with Crippen LogP contribution in [0.25, 0.3) is 0 Å². The Labute approximate surface area is 102 Å². The van der Waals surface area contributed by atoms with E-state index in [1.165, 1.54) is 11.1 Å². The third-order valence-corrected chi connectivity index (χ3v) is 3.36. The lowest BCUT2D eigenvalue weighted by atomic mass is 9.94. The van der Waals surface area contributed by atoms with Gasteiger partial charge in [-0.3, -0.25) is 0 Å². The van der Waals surface area contributed by atoms with Crippen molar-refractivity contribution >= 4 is 5.97 Å². The van der Waals surface area contributed by atoms with Gasteiger partial charge in [0.15, 0.2) is 6.10 Å². The maximum atomic E-state index is 11.0. The predicted octanol–water partition coefficient (Wildman–Crippen LogP) is 1.44. The van der Waals surface area contributed by atoms with Crippen LogP contribution >= 0.6 is 0 Å². The van der Waals surface area contributed by atoms with Crippen LogP contribution in [0.15, 0.2) is 23.3 Å². The summed E-state index contributed by atoms with van der Waals surface area (Å²) < 4.78 is 5.65. The zero-order valence-corrected chi connectivity index (χ0v) is 10.3. The Hall–Kier alpha value is -1.13. The van der Waals surface area contributed by atoms with Gasteiger partial charge in [0.05, 0.1) is 6.10 Å². The van der Waals surface area contributed by atoms with Crippen LogP contribution in [0.1, 0.15) is 19.8 Å². The second-order valence-corrected chi connectivity index (χ2v) is 4.93. The lowest BCUT2D eigenvalue weighted by Crippen LogP contribution is -2.49. The van der Waals surface area contributed by atoms with Crippen molar-refractivity contribution in [1.82, 2.24) is 4.90 Å². The average molecular weight is 237 g/mol. The standard InChI is InChI=1S/C13H19NO3/c1-9-3-5-10(6-4-9)11-7-14(2)8-12(17-11)13(15)16/h3,5,11-12H,4,6-8H2,1-2H3,(H,15,16). The normalized spacial score (nSPS) is 30.7. The highest BCUT2D eigenvalue weighted by atomic mass is 16.5. The molecule has 1 aliphatic carbocycles. The first kappa shape index (κ1) is 12.3. The van der Waals surface area contributed by atoms with Crippen molar-refractivity contribution in [2.75, 3.05) is 20.1 Å². The van der Waals surface area contributed by atoms with Gasteiger partial charge in [0.2, 0.25) is 0 Å². The van der Waals surface area contributed by atoms with E-state index >= 15 is 0 Å². The molecule has 0 amide bonds. The molecule has 4 nitrogen and oxygen atoms in total. The fourth-order valence-electron chi connectivity index (χ4n) is 2.29. The molecule has 1 heterocycles. The first-order chi connectivity index (χ1) is 8.06. The molecule has 2 aliphatic rings. The van der Waals surface area contributed by atoms with Gasteiger partial charge in [-0.25, -0.2) is 4.79 Å². The second kappa shape index (κ2) is 5.02. The number of ether oxygens (including phenoxy) is 1. The van der Waals surface area contributed by atoms with Gasteiger partial charge in [0.1, 0.15) is 0 Å². The summed E-state index contributed by atoms with van der Waals surface area (Å²) in [6.07, 6.45) is 5.44. The number of hydrogen-bond donors (Lipinski definition) is 1. The Morgan fingerprint density at radius 3 is 2.76 bits per heavy atom. The summed E-state index contributed by atoms with van der Waals surface area (Å²) in [5.74, 6) is -0.871. The number of rotatable bonds is 2. The van der Waals surface area contributed by atoms with Crippen molar-refractivity contribution < 1.29 is 14.6 Å². The van der Waals surface area contributed by atoms with Crippen LogP contribution in [-0.2, 0) is 9.53 Å². The molecule has 0 radical (unpaired) electrons. The third-order valence-electron chi connectivity index (χ3n) is 3.36. The van der Waals surface area contributed by atoms with Gasteiger partial charge in [-0.1, -0.05) is 17.7 Å². The number of carboxylic acid groups (broad SMARTS) is 1. The van der Waals surface area contributed by atoms with Crippen LogP contribution in [0.3, 0.4) is 0 Å². The lowest BCUT2D eigenvalue weighted by Gasteiger charge is -2.36. The molecule has 94 valence electrons. The minimum atomic E-state index is -0.871.